The minimum Gasteiger partial charge on any atom is -0.502 e. The fourth-order valence-corrected chi connectivity index (χ4v) is 1.72. The third-order valence-corrected chi connectivity index (χ3v) is 2.74. The number of nitrogens with zero attached hydrogens (tertiary/aromatic N) is 1. The highest BCUT2D eigenvalue weighted by atomic mass is 32.1. The number of rotatable bonds is 6. The number of hydrogen-bond donors (Lipinski definition) is 3. The van der Waals surface area contributed by atoms with E-state index in [1.54, 1.807) is 0 Å². The van der Waals surface area contributed by atoms with Crippen LogP contribution in [0.5, 0.6) is 5.75 Å². The molecule has 0 fully saturated rings. The van der Waals surface area contributed by atoms with Gasteiger partial charge in [-0.3, -0.25) is 10.1 Å². The lowest BCUT2D eigenvalue weighted by molar-refractivity contribution is -0.385. The van der Waals surface area contributed by atoms with E-state index in [1.165, 1.54) is 18.2 Å². The second kappa shape index (κ2) is 7.52. The zero-order chi connectivity index (χ0) is 14.3. The third kappa shape index (κ3) is 5.09. The maximum Gasteiger partial charge on any atom is 0.312 e. The molecule has 1 aromatic carbocycles. The Kier molecular flexibility index (Phi) is 6.01. The lowest BCUT2D eigenvalue weighted by Gasteiger charge is -2.10. The molecule has 0 amide bonds. The molecule has 0 spiro atoms. The van der Waals surface area contributed by atoms with Crippen molar-refractivity contribution in [2.45, 2.75) is 26.2 Å². The summed E-state index contributed by atoms with van der Waals surface area (Å²) in [7, 11) is 0. The maximum absolute atomic E-state index is 10.7. The Balaban J connectivity index is 2.55. The van der Waals surface area contributed by atoms with Gasteiger partial charge in [0.25, 0.3) is 0 Å². The van der Waals surface area contributed by atoms with Crippen LogP contribution in [-0.4, -0.2) is 21.7 Å². The van der Waals surface area contributed by atoms with Crippen LogP contribution in [0.25, 0.3) is 0 Å². The first-order chi connectivity index (χ1) is 9.04. The molecule has 104 valence electrons. The summed E-state index contributed by atoms with van der Waals surface area (Å²) in [4.78, 5) is 10.0. The molecule has 6 nitrogen and oxygen atoms in total. The van der Waals surface area contributed by atoms with Crippen molar-refractivity contribution in [1.29, 1.82) is 0 Å². The van der Waals surface area contributed by atoms with E-state index >= 15 is 0 Å². The number of anilines is 1. The molecule has 1 rings (SSSR count). The van der Waals surface area contributed by atoms with Crippen LogP contribution in [0.1, 0.15) is 26.2 Å². The number of nitrogens with one attached hydrogen (secondary N) is 2. The van der Waals surface area contributed by atoms with Gasteiger partial charge in [-0.1, -0.05) is 19.8 Å². The first kappa shape index (κ1) is 15.2. The molecule has 0 aromatic heterocycles. The molecule has 0 saturated carbocycles. The van der Waals surface area contributed by atoms with Crippen molar-refractivity contribution >= 4 is 28.7 Å². The van der Waals surface area contributed by atoms with E-state index in [2.05, 4.69) is 17.6 Å². The van der Waals surface area contributed by atoms with Crippen LogP contribution in [0.2, 0.25) is 0 Å². The van der Waals surface area contributed by atoms with Crippen LogP contribution in [0.3, 0.4) is 0 Å². The van der Waals surface area contributed by atoms with Crippen LogP contribution >= 0.6 is 12.2 Å². The lowest BCUT2D eigenvalue weighted by Crippen LogP contribution is -2.29. The summed E-state index contributed by atoms with van der Waals surface area (Å²) in [6.07, 6.45) is 3.28. The van der Waals surface area contributed by atoms with Gasteiger partial charge in [0, 0.05) is 18.3 Å². The smallest absolute Gasteiger partial charge is 0.312 e. The number of thiocarbonyl (C=S) groups is 1. The maximum atomic E-state index is 10.7. The van der Waals surface area contributed by atoms with E-state index < -0.39 is 4.92 Å². The van der Waals surface area contributed by atoms with Gasteiger partial charge in [0.1, 0.15) is 0 Å². The molecule has 0 aliphatic heterocycles. The summed E-state index contributed by atoms with van der Waals surface area (Å²) in [5, 5.41) is 26.3. The Labute approximate surface area is 117 Å². The number of phenols is 1. The van der Waals surface area contributed by atoms with Crippen molar-refractivity contribution in [3.05, 3.63) is 28.3 Å². The van der Waals surface area contributed by atoms with Crippen LogP contribution in [-0.2, 0) is 0 Å². The van der Waals surface area contributed by atoms with Crippen LogP contribution in [0.15, 0.2) is 18.2 Å². The number of unbranched alkanes of at least 4 members (excludes halogenated alkanes) is 2. The van der Waals surface area contributed by atoms with Gasteiger partial charge in [-0.2, -0.15) is 0 Å². The third-order valence-electron chi connectivity index (χ3n) is 2.50. The SMILES string of the molecule is CCCCCNC(=S)Nc1ccc(O)c([N+](=O)[O-])c1. The minimum absolute atomic E-state index is 0.348. The molecule has 0 aliphatic rings. The summed E-state index contributed by atoms with van der Waals surface area (Å²) >= 11 is 5.07. The Hall–Kier alpha value is -1.89. The van der Waals surface area contributed by atoms with Crippen LogP contribution < -0.4 is 10.6 Å². The predicted molar refractivity (Wildman–Crippen MR) is 78.5 cm³/mol. The van der Waals surface area contributed by atoms with Crippen molar-refractivity contribution in [2.75, 3.05) is 11.9 Å². The highest BCUT2D eigenvalue weighted by Crippen LogP contribution is 2.28. The van der Waals surface area contributed by atoms with E-state index in [-0.39, 0.29) is 11.4 Å². The van der Waals surface area contributed by atoms with E-state index in [0.717, 1.165) is 25.8 Å². The van der Waals surface area contributed by atoms with E-state index in [4.69, 9.17) is 12.2 Å². The zero-order valence-electron chi connectivity index (χ0n) is 10.7. The molecule has 0 heterocycles. The number of phenolic OH excluding ortho intramolecular Hbond substituents is 1. The fourth-order valence-electron chi connectivity index (χ4n) is 1.50. The van der Waals surface area contributed by atoms with Crippen molar-refractivity contribution < 1.29 is 10.0 Å². The molecule has 0 saturated heterocycles. The van der Waals surface area contributed by atoms with Gasteiger partial charge in [0.2, 0.25) is 0 Å². The number of benzene rings is 1. The highest BCUT2D eigenvalue weighted by molar-refractivity contribution is 7.80. The molecule has 0 aliphatic carbocycles. The van der Waals surface area contributed by atoms with Gasteiger partial charge in [0.15, 0.2) is 10.9 Å². The van der Waals surface area contributed by atoms with Crippen molar-refractivity contribution in [2.24, 2.45) is 0 Å². The average Bonchev–Trinajstić information content (AvgIpc) is 2.36. The second-order valence-corrected chi connectivity index (χ2v) is 4.46. The number of nitro groups is 1. The van der Waals surface area contributed by atoms with E-state index in [9.17, 15) is 15.2 Å². The Morgan fingerprint density at radius 2 is 2.21 bits per heavy atom. The van der Waals surface area contributed by atoms with Crippen molar-refractivity contribution in [1.82, 2.24) is 5.32 Å². The van der Waals surface area contributed by atoms with Crippen LogP contribution in [0.4, 0.5) is 11.4 Å². The van der Waals surface area contributed by atoms with Crippen LogP contribution in [0, 0.1) is 10.1 Å². The minimum atomic E-state index is -0.641. The molecular weight excluding hydrogens is 266 g/mol. The summed E-state index contributed by atoms with van der Waals surface area (Å²) < 4.78 is 0. The quantitative estimate of drug-likeness (QED) is 0.245. The topological polar surface area (TPSA) is 87.4 Å². The zero-order valence-corrected chi connectivity index (χ0v) is 11.5. The standard InChI is InChI=1S/C12H17N3O3S/c1-2-3-4-7-13-12(19)14-9-5-6-11(16)10(8-9)15(17)18/h5-6,8,16H,2-4,7H2,1H3,(H2,13,14,19). The highest BCUT2D eigenvalue weighted by Gasteiger charge is 2.13. The largest absolute Gasteiger partial charge is 0.502 e. The molecule has 0 unspecified atom stereocenters. The predicted octanol–water partition coefficient (Wildman–Crippen LogP) is 2.78. The summed E-state index contributed by atoms with van der Waals surface area (Å²) in [5.41, 5.74) is 0.122. The van der Waals surface area contributed by atoms with Crippen molar-refractivity contribution in [3.63, 3.8) is 0 Å². The number of hydrogen-bond acceptors (Lipinski definition) is 4. The van der Waals surface area contributed by atoms with Crippen molar-refractivity contribution in [3.8, 4) is 5.75 Å². The molecule has 0 bridgehead atoms. The van der Waals surface area contributed by atoms with Gasteiger partial charge in [0.05, 0.1) is 4.92 Å². The first-order valence-electron chi connectivity index (χ1n) is 6.07. The molecule has 7 heteroatoms. The lowest BCUT2D eigenvalue weighted by atomic mass is 10.2. The summed E-state index contributed by atoms with van der Waals surface area (Å²) in [6, 6.07) is 4.04. The van der Waals surface area contributed by atoms with Gasteiger partial charge in [-0.25, -0.2) is 0 Å². The van der Waals surface area contributed by atoms with Gasteiger partial charge < -0.3 is 15.7 Å². The summed E-state index contributed by atoms with van der Waals surface area (Å²) in [6.45, 7) is 2.88. The Morgan fingerprint density at radius 1 is 1.47 bits per heavy atom. The van der Waals surface area contributed by atoms with E-state index in [0.29, 0.717) is 10.8 Å². The molecule has 3 N–H and O–H groups in total. The first-order valence-corrected chi connectivity index (χ1v) is 6.47. The number of aromatic hydroxyl groups is 1. The van der Waals surface area contributed by atoms with E-state index in [1.807, 2.05) is 0 Å². The average molecular weight is 283 g/mol. The van der Waals surface area contributed by atoms with Gasteiger partial charge in [-0.15, -0.1) is 0 Å². The molecule has 0 radical (unpaired) electrons. The normalized spacial score (nSPS) is 9.95. The Bertz CT molecular complexity index is 466. The monoisotopic (exact) mass is 283 g/mol. The second-order valence-electron chi connectivity index (χ2n) is 4.05. The van der Waals surface area contributed by atoms with Gasteiger partial charge >= 0.3 is 5.69 Å². The summed E-state index contributed by atoms with van der Waals surface area (Å²) in [5.74, 6) is -0.364. The molecular formula is C12H17N3O3S. The fraction of sp³-hybridized carbons (Fsp3) is 0.417. The van der Waals surface area contributed by atoms with Gasteiger partial charge in [-0.05, 0) is 30.8 Å². The molecule has 0 atom stereocenters. The molecule has 19 heavy (non-hydrogen) atoms. The Morgan fingerprint density at radius 3 is 2.84 bits per heavy atom. The number of nitro benzene ring substituents is 1. The molecule has 1 aromatic rings.